The molecular weight excluding hydrogens is 142 g/mol. The van der Waals surface area contributed by atoms with Crippen LogP contribution in [-0.2, 0) is 4.74 Å². The summed E-state index contributed by atoms with van der Waals surface area (Å²) >= 11 is 0. The smallest absolute Gasteiger partial charge is 0.127 e. The molecule has 1 aliphatic rings. The molecule has 0 aromatic carbocycles. The number of nitrogens with two attached hydrogens (primary N) is 1. The number of aliphatic hydroxyl groups is 1. The van der Waals surface area contributed by atoms with Crippen molar-refractivity contribution < 1.29 is 9.84 Å². The molecule has 1 saturated heterocycles. The Kier molecular flexibility index (Phi) is 1.99. The molecule has 3 N–H and O–H groups in total. The van der Waals surface area contributed by atoms with E-state index in [0.29, 0.717) is 13.2 Å². The van der Waals surface area contributed by atoms with Crippen LogP contribution in [0.15, 0.2) is 0 Å². The third-order valence-electron chi connectivity index (χ3n) is 2.22. The summed E-state index contributed by atoms with van der Waals surface area (Å²) < 4.78 is 4.92. The number of rotatable bonds is 1. The van der Waals surface area contributed by atoms with E-state index in [1.807, 2.05) is 20.8 Å². The summed E-state index contributed by atoms with van der Waals surface area (Å²) in [5, 5.41) is 9.76. The first-order valence-corrected chi connectivity index (χ1v) is 3.92. The molecule has 0 aromatic rings. The van der Waals surface area contributed by atoms with Gasteiger partial charge in [0.05, 0.1) is 13.2 Å². The zero-order valence-corrected chi connectivity index (χ0v) is 7.42. The van der Waals surface area contributed by atoms with Crippen LogP contribution < -0.4 is 5.73 Å². The fraction of sp³-hybridized carbons (Fsp3) is 1.00. The number of hydrogen-bond acceptors (Lipinski definition) is 3. The Hall–Kier alpha value is -0.120. The maximum absolute atomic E-state index is 9.76. The van der Waals surface area contributed by atoms with Gasteiger partial charge in [-0.2, -0.15) is 0 Å². The Labute approximate surface area is 67.5 Å². The molecule has 11 heavy (non-hydrogen) atoms. The summed E-state index contributed by atoms with van der Waals surface area (Å²) in [5.74, 6) is 0. The molecule has 0 aliphatic carbocycles. The van der Waals surface area contributed by atoms with Crippen molar-refractivity contribution in [3.63, 3.8) is 0 Å². The monoisotopic (exact) mass is 159 g/mol. The van der Waals surface area contributed by atoms with Crippen LogP contribution in [-0.4, -0.2) is 30.0 Å². The van der Waals surface area contributed by atoms with Gasteiger partial charge in [0.15, 0.2) is 0 Å². The Morgan fingerprint density at radius 3 is 2.00 bits per heavy atom. The van der Waals surface area contributed by atoms with Crippen molar-refractivity contribution in [2.75, 3.05) is 13.2 Å². The van der Waals surface area contributed by atoms with Gasteiger partial charge in [-0.05, 0) is 5.41 Å². The quantitative estimate of drug-likeness (QED) is 0.571. The van der Waals surface area contributed by atoms with Crippen molar-refractivity contribution in [1.82, 2.24) is 0 Å². The molecule has 1 atom stereocenters. The van der Waals surface area contributed by atoms with Gasteiger partial charge in [-0.25, -0.2) is 0 Å². The zero-order valence-electron chi connectivity index (χ0n) is 7.42. The van der Waals surface area contributed by atoms with Crippen LogP contribution in [0.1, 0.15) is 20.8 Å². The highest BCUT2D eigenvalue weighted by Gasteiger charge is 2.46. The summed E-state index contributed by atoms with van der Waals surface area (Å²) in [6, 6.07) is -0.205. The molecular formula is C8H17NO2. The average Bonchev–Trinajstić information content (AvgIpc) is 1.79. The van der Waals surface area contributed by atoms with Gasteiger partial charge in [0.25, 0.3) is 0 Å². The summed E-state index contributed by atoms with van der Waals surface area (Å²) in [7, 11) is 0. The van der Waals surface area contributed by atoms with Crippen molar-refractivity contribution in [2.24, 2.45) is 11.1 Å². The van der Waals surface area contributed by atoms with E-state index in [-0.39, 0.29) is 11.5 Å². The molecule has 0 bridgehead atoms. The zero-order chi connectivity index (χ0) is 8.70. The second kappa shape index (κ2) is 2.44. The first kappa shape index (κ1) is 8.97. The predicted molar refractivity (Wildman–Crippen MR) is 43.2 cm³/mol. The van der Waals surface area contributed by atoms with Crippen molar-refractivity contribution >= 4 is 0 Å². The standard InChI is InChI=1S/C8H17NO2/c1-7(2,3)6(9)8(10)4-11-5-8/h6,10H,4-5,9H2,1-3H3. The van der Waals surface area contributed by atoms with Gasteiger partial charge in [-0.3, -0.25) is 0 Å². The molecule has 1 rings (SSSR count). The van der Waals surface area contributed by atoms with Crippen LogP contribution in [0, 0.1) is 5.41 Å². The Morgan fingerprint density at radius 1 is 1.45 bits per heavy atom. The van der Waals surface area contributed by atoms with Crippen molar-refractivity contribution in [2.45, 2.75) is 32.4 Å². The van der Waals surface area contributed by atoms with E-state index in [2.05, 4.69) is 0 Å². The first-order valence-electron chi connectivity index (χ1n) is 3.92. The van der Waals surface area contributed by atoms with Gasteiger partial charge >= 0.3 is 0 Å². The molecule has 66 valence electrons. The Bertz CT molecular complexity index is 147. The lowest BCUT2D eigenvalue weighted by molar-refractivity contribution is -0.202. The predicted octanol–water partition coefficient (Wildman–Crippen LogP) is 0.121. The third kappa shape index (κ3) is 1.55. The van der Waals surface area contributed by atoms with Crippen molar-refractivity contribution in [3.8, 4) is 0 Å². The fourth-order valence-corrected chi connectivity index (χ4v) is 1.30. The highest BCUT2D eigenvalue weighted by Crippen LogP contribution is 2.30. The van der Waals surface area contributed by atoms with Gasteiger partial charge in [0.2, 0.25) is 0 Å². The highest BCUT2D eigenvalue weighted by molar-refractivity contribution is 5.00. The molecule has 1 fully saturated rings. The van der Waals surface area contributed by atoms with E-state index in [4.69, 9.17) is 10.5 Å². The number of ether oxygens (including phenoxy) is 1. The van der Waals surface area contributed by atoms with Gasteiger partial charge in [0, 0.05) is 6.04 Å². The molecule has 1 aliphatic heterocycles. The fourth-order valence-electron chi connectivity index (χ4n) is 1.30. The van der Waals surface area contributed by atoms with Crippen molar-refractivity contribution in [1.29, 1.82) is 0 Å². The molecule has 0 spiro atoms. The molecule has 0 saturated carbocycles. The number of hydrogen-bond donors (Lipinski definition) is 2. The molecule has 3 heteroatoms. The van der Waals surface area contributed by atoms with E-state index < -0.39 is 5.60 Å². The second-order valence-corrected chi connectivity index (χ2v) is 4.44. The van der Waals surface area contributed by atoms with E-state index >= 15 is 0 Å². The highest BCUT2D eigenvalue weighted by atomic mass is 16.5. The lowest BCUT2D eigenvalue weighted by Crippen LogP contribution is -2.65. The summed E-state index contributed by atoms with van der Waals surface area (Å²) in [4.78, 5) is 0. The minimum absolute atomic E-state index is 0.0570. The Morgan fingerprint density at radius 2 is 1.91 bits per heavy atom. The SMILES string of the molecule is CC(C)(C)C(N)C1(O)COC1. The minimum Gasteiger partial charge on any atom is -0.383 e. The van der Waals surface area contributed by atoms with E-state index in [9.17, 15) is 5.11 Å². The van der Waals surface area contributed by atoms with Gasteiger partial charge in [0.1, 0.15) is 5.60 Å². The summed E-state index contributed by atoms with van der Waals surface area (Å²) in [6.07, 6.45) is 0. The van der Waals surface area contributed by atoms with E-state index in [1.165, 1.54) is 0 Å². The van der Waals surface area contributed by atoms with Gasteiger partial charge in [-0.1, -0.05) is 20.8 Å². The van der Waals surface area contributed by atoms with E-state index in [1.54, 1.807) is 0 Å². The van der Waals surface area contributed by atoms with Gasteiger partial charge in [-0.15, -0.1) is 0 Å². The summed E-state index contributed by atoms with van der Waals surface area (Å²) in [5.41, 5.74) is 5.02. The van der Waals surface area contributed by atoms with Crippen LogP contribution in [0.4, 0.5) is 0 Å². The maximum Gasteiger partial charge on any atom is 0.127 e. The van der Waals surface area contributed by atoms with E-state index in [0.717, 1.165) is 0 Å². The minimum atomic E-state index is -0.780. The van der Waals surface area contributed by atoms with Crippen LogP contribution in [0.3, 0.4) is 0 Å². The average molecular weight is 159 g/mol. The van der Waals surface area contributed by atoms with Crippen molar-refractivity contribution in [3.05, 3.63) is 0 Å². The van der Waals surface area contributed by atoms with Gasteiger partial charge < -0.3 is 15.6 Å². The molecule has 1 unspecified atom stereocenters. The van der Waals surface area contributed by atoms with Crippen LogP contribution in [0.2, 0.25) is 0 Å². The largest absolute Gasteiger partial charge is 0.383 e. The first-order chi connectivity index (χ1) is 4.86. The lowest BCUT2D eigenvalue weighted by atomic mass is 9.76. The molecule has 0 radical (unpaired) electrons. The molecule has 3 nitrogen and oxygen atoms in total. The molecule has 0 amide bonds. The third-order valence-corrected chi connectivity index (χ3v) is 2.22. The molecule has 0 aromatic heterocycles. The van der Waals surface area contributed by atoms with Crippen LogP contribution in [0.25, 0.3) is 0 Å². The lowest BCUT2D eigenvalue weighted by Gasteiger charge is -2.46. The maximum atomic E-state index is 9.76. The normalized spacial score (nSPS) is 25.9. The van der Waals surface area contributed by atoms with Crippen LogP contribution >= 0.6 is 0 Å². The Balaban J connectivity index is 2.60. The van der Waals surface area contributed by atoms with Crippen LogP contribution in [0.5, 0.6) is 0 Å². The summed E-state index contributed by atoms with van der Waals surface area (Å²) in [6.45, 7) is 6.83. The topological polar surface area (TPSA) is 55.5 Å². The second-order valence-electron chi connectivity index (χ2n) is 4.44. The molecule has 1 heterocycles.